The van der Waals surface area contributed by atoms with Gasteiger partial charge in [-0.2, -0.15) is 0 Å². The van der Waals surface area contributed by atoms with Gasteiger partial charge in [0.2, 0.25) is 5.82 Å². The summed E-state index contributed by atoms with van der Waals surface area (Å²) in [5.74, 6) is 0.776. The lowest BCUT2D eigenvalue weighted by Gasteiger charge is -2.56. The molecule has 0 aromatic carbocycles. The minimum atomic E-state index is -1.11. The maximum absolute atomic E-state index is 13.2. The standard InChI is InChI=1S/C21H25N3O3/c1-2-15-4-3-5-16-17(22-18(20(26)27)24(15)16)19(25)23-21-9-12-6-13(10-21)8-14(7-12)11-21/h3-5,12-14H,2,6-11H2,1H3,(H,23,25)(H,26,27). The number of carbonyl (C=O) groups is 2. The zero-order valence-electron chi connectivity index (χ0n) is 15.6. The maximum atomic E-state index is 13.2. The van der Waals surface area contributed by atoms with Crippen LogP contribution in [0.15, 0.2) is 18.2 Å². The van der Waals surface area contributed by atoms with Crippen molar-refractivity contribution in [3.8, 4) is 0 Å². The zero-order valence-corrected chi connectivity index (χ0v) is 15.6. The van der Waals surface area contributed by atoms with Crippen LogP contribution in [0.25, 0.3) is 5.52 Å². The minimum Gasteiger partial charge on any atom is -0.475 e. The lowest BCUT2D eigenvalue weighted by Crippen LogP contribution is -2.59. The molecule has 2 N–H and O–H groups in total. The predicted molar refractivity (Wildman–Crippen MR) is 99.9 cm³/mol. The van der Waals surface area contributed by atoms with Crippen molar-refractivity contribution in [2.24, 2.45) is 17.8 Å². The molecule has 4 bridgehead atoms. The van der Waals surface area contributed by atoms with Crippen LogP contribution in [0.5, 0.6) is 0 Å². The van der Waals surface area contributed by atoms with Crippen LogP contribution in [0.4, 0.5) is 0 Å². The van der Waals surface area contributed by atoms with Gasteiger partial charge in [0.25, 0.3) is 5.91 Å². The molecular weight excluding hydrogens is 342 g/mol. The van der Waals surface area contributed by atoms with Crippen LogP contribution in [-0.2, 0) is 6.42 Å². The minimum absolute atomic E-state index is 0.0851. The molecule has 4 fully saturated rings. The van der Waals surface area contributed by atoms with Gasteiger partial charge in [0.05, 0.1) is 5.52 Å². The van der Waals surface area contributed by atoms with Gasteiger partial charge in [0.1, 0.15) is 0 Å². The van der Waals surface area contributed by atoms with E-state index < -0.39 is 5.97 Å². The summed E-state index contributed by atoms with van der Waals surface area (Å²) in [7, 11) is 0. The maximum Gasteiger partial charge on any atom is 0.372 e. The molecule has 142 valence electrons. The van der Waals surface area contributed by atoms with Crippen molar-refractivity contribution < 1.29 is 14.7 Å². The monoisotopic (exact) mass is 367 g/mol. The number of amides is 1. The number of rotatable bonds is 4. The second-order valence-corrected chi connectivity index (χ2v) is 8.83. The Balaban J connectivity index is 1.52. The average molecular weight is 367 g/mol. The van der Waals surface area contributed by atoms with Crippen LogP contribution in [0.3, 0.4) is 0 Å². The highest BCUT2D eigenvalue weighted by Crippen LogP contribution is 2.55. The fraction of sp³-hybridized carbons (Fsp3) is 0.571. The van der Waals surface area contributed by atoms with Crippen LogP contribution in [0, 0.1) is 17.8 Å². The number of aromatic carboxylic acids is 1. The van der Waals surface area contributed by atoms with Crippen LogP contribution in [0.1, 0.15) is 72.3 Å². The molecule has 2 aromatic heterocycles. The van der Waals surface area contributed by atoms with E-state index in [1.165, 1.54) is 19.3 Å². The Morgan fingerprint density at radius 2 is 1.81 bits per heavy atom. The van der Waals surface area contributed by atoms with Crippen LogP contribution >= 0.6 is 0 Å². The van der Waals surface area contributed by atoms with E-state index in [1.54, 1.807) is 10.5 Å². The number of aryl methyl sites for hydroxylation is 1. The van der Waals surface area contributed by atoms with E-state index in [-0.39, 0.29) is 23.0 Å². The Bertz CT molecular complexity index is 910. The molecule has 4 aliphatic rings. The van der Waals surface area contributed by atoms with Gasteiger partial charge in [-0.25, -0.2) is 9.78 Å². The second kappa shape index (κ2) is 5.81. The van der Waals surface area contributed by atoms with E-state index >= 15 is 0 Å². The van der Waals surface area contributed by atoms with E-state index in [0.717, 1.165) is 42.7 Å². The predicted octanol–water partition coefficient (Wildman–Crippen LogP) is 3.29. The number of imidazole rings is 1. The van der Waals surface area contributed by atoms with Gasteiger partial charge in [0, 0.05) is 11.2 Å². The molecule has 0 spiro atoms. The van der Waals surface area contributed by atoms with Gasteiger partial charge >= 0.3 is 5.97 Å². The molecule has 0 radical (unpaired) electrons. The first-order valence-electron chi connectivity index (χ1n) is 10.0. The molecule has 6 rings (SSSR count). The number of hydrogen-bond donors (Lipinski definition) is 2. The highest BCUT2D eigenvalue weighted by molar-refractivity contribution is 6.01. The Labute approximate surface area is 158 Å². The molecule has 0 aliphatic heterocycles. The van der Waals surface area contributed by atoms with Crippen molar-refractivity contribution in [1.29, 1.82) is 0 Å². The summed E-state index contributed by atoms with van der Waals surface area (Å²) in [5, 5.41) is 12.9. The van der Waals surface area contributed by atoms with Gasteiger partial charge in [-0.1, -0.05) is 13.0 Å². The first-order chi connectivity index (χ1) is 13.0. The summed E-state index contributed by atoms with van der Waals surface area (Å²) in [6.45, 7) is 1.97. The number of hydrogen-bond acceptors (Lipinski definition) is 3. The average Bonchev–Trinajstić information content (AvgIpc) is 3.00. The second-order valence-electron chi connectivity index (χ2n) is 8.83. The lowest BCUT2D eigenvalue weighted by molar-refractivity contribution is -0.0167. The molecule has 0 unspecified atom stereocenters. The number of carboxylic acid groups (broad SMARTS) is 1. The van der Waals surface area contributed by atoms with Crippen molar-refractivity contribution in [1.82, 2.24) is 14.7 Å². The Morgan fingerprint density at radius 1 is 1.19 bits per heavy atom. The summed E-state index contributed by atoms with van der Waals surface area (Å²) in [6, 6.07) is 5.53. The molecule has 27 heavy (non-hydrogen) atoms. The van der Waals surface area contributed by atoms with Gasteiger partial charge in [0.15, 0.2) is 5.69 Å². The Kier molecular flexibility index (Phi) is 3.61. The van der Waals surface area contributed by atoms with Gasteiger partial charge in [-0.3, -0.25) is 9.20 Å². The molecule has 1 amide bonds. The van der Waals surface area contributed by atoms with E-state index in [9.17, 15) is 14.7 Å². The van der Waals surface area contributed by atoms with Crippen molar-refractivity contribution >= 4 is 17.4 Å². The number of pyridine rings is 1. The van der Waals surface area contributed by atoms with Gasteiger partial charge in [-0.05, 0) is 74.8 Å². The summed E-state index contributed by atoms with van der Waals surface area (Å²) < 4.78 is 1.61. The van der Waals surface area contributed by atoms with Crippen LogP contribution in [0.2, 0.25) is 0 Å². The molecule has 2 heterocycles. The van der Waals surface area contributed by atoms with Crippen molar-refractivity contribution in [3.63, 3.8) is 0 Å². The van der Waals surface area contributed by atoms with Gasteiger partial charge in [-0.15, -0.1) is 0 Å². The fourth-order valence-electron chi connectivity index (χ4n) is 6.35. The zero-order chi connectivity index (χ0) is 18.8. The van der Waals surface area contributed by atoms with E-state index in [2.05, 4.69) is 10.3 Å². The van der Waals surface area contributed by atoms with Crippen molar-refractivity contribution in [2.45, 2.75) is 57.4 Å². The van der Waals surface area contributed by atoms with E-state index in [0.29, 0.717) is 11.9 Å². The van der Waals surface area contributed by atoms with Crippen molar-refractivity contribution in [2.75, 3.05) is 0 Å². The Hall–Kier alpha value is -2.37. The van der Waals surface area contributed by atoms with Crippen LogP contribution in [-0.4, -0.2) is 31.9 Å². The third kappa shape index (κ3) is 2.57. The number of carbonyl (C=O) groups excluding carboxylic acids is 1. The van der Waals surface area contributed by atoms with Crippen molar-refractivity contribution in [3.05, 3.63) is 35.4 Å². The lowest BCUT2D eigenvalue weighted by atomic mass is 9.53. The first kappa shape index (κ1) is 16.8. The molecule has 4 saturated carbocycles. The largest absolute Gasteiger partial charge is 0.475 e. The van der Waals surface area contributed by atoms with Gasteiger partial charge < -0.3 is 10.4 Å². The summed E-state index contributed by atoms with van der Waals surface area (Å²) in [5.41, 5.74) is 1.53. The van der Waals surface area contributed by atoms with E-state index in [4.69, 9.17) is 0 Å². The first-order valence-corrected chi connectivity index (χ1v) is 10.0. The van der Waals surface area contributed by atoms with Crippen LogP contribution < -0.4 is 5.32 Å². The Morgan fingerprint density at radius 3 is 2.37 bits per heavy atom. The third-order valence-corrected chi connectivity index (χ3v) is 6.93. The molecule has 6 nitrogen and oxygen atoms in total. The molecule has 2 aromatic rings. The highest BCUT2D eigenvalue weighted by Gasteiger charge is 2.51. The topological polar surface area (TPSA) is 83.7 Å². The molecule has 0 atom stereocenters. The molecule has 0 saturated heterocycles. The normalized spacial score (nSPS) is 31.4. The fourth-order valence-corrected chi connectivity index (χ4v) is 6.35. The SMILES string of the molecule is CCc1cccc2c(C(=O)NC34CC5CC(CC(C5)C3)C4)nc(C(=O)O)n12. The highest BCUT2D eigenvalue weighted by atomic mass is 16.4. The quantitative estimate of drug-likeness (QED) is 0.868. The third-order valence-electron chi connectivity index (χ3n) is 6.93. The van der Waals surface area contributed by atoms with E-state index in [1.807, 2.05) is 19.1 Å². The number of fused-ring (bicyclic) bond motifs is 1. The number of nitrogens with zero attached hydrogens (tertiary/aromatic N) is 2. The molecular formula is C21H25N3O3. The number of aromatic nitrogens is 2. The number of carboxylic acids is 1. The summed E-state index contributed by atoms with van der Waals surface area (Å²) >= 11 is 0. The molecule has 4 aliphatic carbocycles. The summed E-state index contributed by atoms with van der Waals surface area (Å²) in [6.07, 6.45) is 7.78. The molecule has 6 heteroatoms. The smallest absolute Gasteiger partial charge is 0.372 e. The number of nitrogens with one attached hydrogen (secondary N) is 1. The summed E-state index contributed by atoms with van der Waals surface area (Å²) in [4.78, 5) is 29.2.